The SMILES string of the molecule is CCC(C)C(NC(=O)Cn1c(C)ccc1C)c1nc2ccccc2[nH]1. The van der Waals surface area contributed by atoms with E-state index in [2.05, 4.69) is 24.1 Å². The van der Waals surface area contributed by atoms with Gasteiger partial charge in [0.05, 0.1) is 17.1 Å². The zero-order valence-corrected chi connectivity index (χ0v) is 15.3. The number of nitrogens with zero attached hydrogens (tertiary/aromatic N) is 2. The summed E-state index contributed by atoms with van der Waals surface area (Å²) in [5.41, 5.74) is 4.11. The van der Waals surface area contributed by atoms with Gasteiger partial charge >= 0.3 is 0 Å². The first-order chi connectivity index (χ1) is 12.0. The number of aryl methyl sites for hydroxylation is 2. The lowest BCUT2D eigenvalue weighted by molar-refractivity contribution is -0.122. The third-order valence-electron chi connectivity index (χ3n) is 4.95. The molecular formula is C20H26N4O. The first-order valence-electron chi connectivity index (χ1n) is 8.86. The average molecular weight is 338 g/mol. The van der Waals surface area contributed by atoms with E-state index in [0.29, 0.717) is 6.54 Å². The molecule has 0 fully saturated rings. The van der Waals surface area contributed by atoms with Crippen LogP contribution >= 0.6 is 0 Å². The Kier molecular flexibility index (Phi) is 4.93. The molecule has 132 valence electrons. The predicted octanol–water partition coefficient (Wildman–Crippen LogP) is 3.88. The Bertz CT molecular complexity index is 824. The van der Waals surface area contributed by atoms with E-state index in [9.17, 15) is 4.79 Å². The number of aromatic amines is 1. The number of fused-ring (bicyclic) bond motifs is 1. The molecular weight excluding hydrogens is 312 g/mol. The zero-order valence-electron chi connectivity index (χ0n) is 15.3. The molecule has 0 saturated heterocycles. The lowest BCUT2D eigenvalue weighted by Crippen LogP contribution is -2.35. The third-order valence-corrected chi connectivity index (χ3v) is 4.95. The van der Waals surface area contributed by atoms with E-state index in [1.54, 1.807) is 0 Å². The number of para-hydroxylation sites is 2. The molecule has 0 aliphatic carbocycles. The monoisotopic (exact) mass is 338 g/mol. The van der Waals surface area contributed by atoms with Crippen LogP contribution in [0.25, 0.3) is 11.0 Å². The maximum atomic E-state index is 12.7. The van der Waals surface area contributed by atoms with Gasteiger partial charge in [-0.2, -0.15) is 0 Å². The summed E-state index contributed by atoms with van der Waals surface area (Å²) in [7, 11) is 0. The highest BCUT2D eigenvalue weighted by molar-refractivity contribution is 5.77. The van der Waals surface area contributed by atoms with Gasteiger partial charge in [-0.1, -0.05) is 32.4 Å². The van der Waals surface area contributed by atoms with Crippen LogP contribution < -0.4 is 5.32 Å². The Morgan fingerprint density at radius 1 is 1.20 bits per heavy atom. The van der Waals surface area contributed by atoms with E-state index in [0.717, 1.165) is 34.7 Å². The van der Waals surface area contributed by atoms with Crippen molar-refractivity contribution in [2.24, 2.45) is 5.92 Å². The van der Waals surface area contributed by atoms with Crippen molar-refractivity contribution in [1.29, 1.82) is 0 Å². The van der Waals surface area contributed by atoms with E-state index < -0.39 is 0 Å². The van der Waals surface area contributed by atoms with Crippen molar-refractivity contribution < 1.29 is 4.79 Å². The van der Waals surface area contributed by atoms with E-state index in [4.69, 9.17) is 4.98 Å². The minimum absolute atomic E-state index is 0.00755. The number of nitrogens with one attached hydrogen (secondary N) is 2. The summed E-state index contributed by atoms with van der Waals surface area (Å²) in [5, 5.41) is 3.18. The van der Waals surface area contributed by atoms with Crippen LogP contribution in [0.1, 0.15) is 43.5 Å². The van der Waals surface area contributed by atoms with Gasteiger partial charge in [-0.25, -0.2) is 4.98 Å². The average Bonchev–Trinajstić information content (AvgIpc) is 3.17. The van der Waals surface area contributed by atoms with Gasteiger partial charge in [0, 0.05) is 11.4 Å². The highest BCUT2D eigenvalue weighted by Crippen LogP contribution is 2.24. The lowest BCUT2D eigenvalue weighted by atomic mass is 9.98. The Morgan fingerprint density at radius 3 is 2.52 bits per heavy atom. The second-order valence-electron chi connectivity index (χ2n) is 6.77. The fraction of sp³-hybridized carbons (Fsp3) is 0.400. The van der Waals surface area contributed by atoms with Crippen LogP contribution in [-0.2, 0) is 11.3 Å². The summed E-state index contributed by atoms with van der Waals surface area (Å²) in [6.07, 6.45) is 0.962. The van der Waals surface area contributed by atoms with Crippen molar-refractivity contribution >= 4 is 16.9 Å². The van der Waals surface area contributed by atoms with Gasteiger partial charge in [-0.05, 0) is 44.0 Å². The molecule has 0 saturated carbocycles. The fourth-order valence-corrected chi connectivity index (χ4v) is 3.15. The quantitative estimate of drug-likeness (QED) is 0.716. The summed E-state index contributed by atoms with van der Waals surface area (Å²) in [5.74, 6) is 1.12. The van der Waals surface area contributed by atoms with Crippen molar-refractivity contribution in [3.8, 4) is 0 Å². The first kappa shape index (κ1) is 17.3. The van der Waals surface area contributed by atoms with Crippen molar-refractivity contribution in [1.82, 2.24) is 19.9 Å². The third kappa shape index (κ3) is 3.60. The van der Waals surface area contributed by atoms with E-state index in [1.165, 1.54) is 0 Å². The van der Waals surface area contributed by atoms with Gasteiger partial charge in [-0.15, -0.1) is 0 Å². The predicted molar refractivity (Wildman–Crippen MR) is 100 cm³/mol. The molecule has 0 aliphatic rings. The van der Waals surface area contributed by atoms with Gasteiger partial charge in [0.25, 0.3) is 0 Å². The Balaban J connectivity index is 1.82. The van der Waals surface area contributed by atoms with E-state index in [-0.39, 0.29) is 17.9 Å². The standard InChI is InChI=1S/C20H26N4O/c1-5-13(2)19(20-21-16-8-6-7-9-17(16)22-20)23-18(25)12-24-14(3)10-11-15(24)4/h6-11,13,19H,5,12H2,1-4H3,(H,21,22)(H,23,25). The Morgan fingerprint density at radius 2 is 1.88 bits per heavy atom. The minimum Gasteiger partial charge on any atom is -0.344 e. The number of H-pyrrole nitrogens is 1. The molecule has 0 spiro atoms. The molecule has 0 aliphatic heterocycles. The molecule has 3 rings (SSSR count). The van der Waals surface area contributed by atoms with Crippen molar-refractivity contribution in [2.75, 3.05) is 0 Å². The number of aromatic nitrogens is 3. The first-order valence-corrected chi connectivity index (χ1v) is 8.86. The number of amides is 1. The number of hydrogen-bond donors (Lipinski definition) is 2. The maximum absolute atomic E-state index is 12.7. The summed E-state index contributed by atoms with van der Waals surface area (Å²) < 4.78 is 2.03. The van der Waals surface area contributed by atoms with E-state index >= 15 is 0 Å². The van der Waals surface area contributed by atoms with Crippen LogP contribution in [0.5, 0.6) is 0 Å². The maximum Gasteiger partial charge on any atom is 0.240 e. The largest absolute Gasteiger partial charge is 0.344 e. The minimum atomic E-state index is -0.124. The lowest BCUT2D eigenvalue weighted by Gasteiger charge is -2.23. The number of carbonyl (C=O) groups excluding carboxylic acids is 1. The van der Waals surface area contributed by atoms with Crippen LogP contribution in [0.2, 0.25) is 0 Å². The number of hydrogen-bond acceptors (Lipinski definition) is 2. The van der Waals surface area contributed by atoms with Gasteiger partial charge in [0.1, 0.15) is 12.4 Å². The topological polar surface area (TPSA) is 62.7 Å². The molecule has 3 aromatic rings. The highest BCUT2D eigenvalue weighted by atomic mass is 16.2. The van der Waals surface area contributed by atoms with Gasteiger partial charge < -0.3 is 14.9 Å². The second kappa shape index (κ2) is 7.13. The normalized spacial score (nSPS) is 13.8. The molecule has 2 heterocycles. The van der Waals surface area contributed by atoms with Crippen LogP contribution in [0.15, 0.2) is 36.4 Å². The number of imidazole rings is 1. The summed E-state index contributed by atoms with van der Waals surface area (Å²) in [4.78, 5) is 20.7. The van der Waals surface area contributed by atoms with Crippen molar-refractivity contribution in [2.45, 2.75) is 46.7 Å². The van der Waals surface area contributed by atoms with Gasteiger partial charge in [-0.3, -0.25) is 4.79 Å². The summed E-state index contributed by atoms with van der Waals surface area (Å²) >= 11 is 0. The van der Waals surface area contributed by atoms with Gasteiger partial charge in [0.2, 0.25) is 5.91 Å². The molecule has 0 bridgehead atoms. The fourth-order valence-electron chi connectivity index (χ4n) is 3.15. The molecule has 5 nitrogen and oxygen atoms in total. The molecule has 25 heavy (non-hydrogen) atoms. The summed E-state index contributed by atoms with van der Waals surface area (Å²) in [6, 6.07) is 11.9. The summed E-state index contributed by atoms with van der Waals surface area (Å²) in [6.45, 7) is 8.65. The zero-order chi connectivity index (χ0) is 18.0. The number of benzene rings is 1. The molecule has 1 amide bonds. The van der Waals surface area contributed by atoms with Crippen LogP contribution in [0.3, 0.4) is 0 Å². The highest BCUT2D eigenvalue weighted by Gasteiger charge is 2.24. The number of carbonyl (C=O) groups is 1. The number of rotatable bonds is 6. The van der Waals surface area contributed by atoms with Gasteiger partial charge in [0.15, 0.2) is 0 Å². The molecule has 1 aromatic carbocycles. The van der Waals surface area contributed by atoms with Crippen LogP contribution in [-0.4, -0.2) is 20.4 Å². The van der Waals surface area contributed by atoms with Crippen LogP contribution in [0.4, 0.5) is 0 Å². The molecule has 2 aromatic heterocycles. The van der Waals surface area contributed by atoms with Crippen LogP contribution in [0, 0.1) is 19.8 Å². The smallest absolute Gasteiger partial charge is 0.240 e. The van der Waals surface area contributed by atoms with Crippen molar-refractivity contribution in [3.05, 3.63) is 53.6 Å². The molecule has 2 unspecified atom stereocenters. The molecule has 5 heteroatoms. The van der Waals surface area contributed by atoms with Crippen molar-refractivity contribution in [3.63, 3.8) is 0 Å². The molecule has 2 N–H and O–H groups in total. The Labute approximate surface area is 148 Å². The molecule has 2 atom stereocenters. The van der Waals surface area contributed by atoms with E-state index in [1.807, 2.05) is 54.8 Å². The Hall–Kier alpha value is -2.56. The molecule has 0 radical (unpaired) electrons. The second-order valence-corrected chi connectivity index (χ2v) is 6.77.